The van der Waals surface area contributed by atoms with Crippen molar-refractivity contribution in [3.05, 3.63) is 66.2 Å². The van der Waals surface area contributed by atoms with E-state index < -0.39 is 18.0 Å². The molecular weight excluding hydrogens is 374 g/mol. The topological polar surface area (TPSA) is 94.3 Å². The highest BCUT2D eigenvalue weighted by Gasteiger charge is 2.20. The lowest BCUT2D eigenvalue weighted by Gasteiger charge is -2.15. The molecule has 7 heteroatoms. The fraction of sp³-hybridized carbons (Fsp3) is 0.0952. The quantitative estimate of drug-likeness (QED) is 0.508. The van der Waals surface area contributed by atoms with E-state index in [-0.39, 0.29) is 0 Å². The van der Waals surface area contributed by atoms with Crippen molar-refractivity contribution in [2.75, 3.05) is 11.1 Å². The number of thiazole rings is 1. The lowest BCUT2D eigenvalue weighted by molar-refractivity contribution is -0.123. The predicted octanol–water partition coefficient (Wildman–Crippen LogP) is 4.22. The fourth-order valence-electron chi connectivity index (χ4n) is 2.92. The summed E-state index contributed by atoms with van der Waals surface area (Å²) in [7, 11) is 0. The summed E-state index contributed by atoms with van der Waals surface area (Å²) >= 11 is 1.29. The van der Waals surface area contributed by atoms with Crippen LogP contribution in [0.5, 0.6) is 0 Å². The van der Waals surface area contributed by atoms with Gasteiger partial charge in [-0.1, -0.05) is 47.7 Å². The Kier molecular flexibility index (Phi) is 4.67. The van der Waals surface area contributed by atoms with E-state index in [9.17, 15) is 9.59 Å². The number of nitrogens with zero attached hydrogens (tertiary/aromatic N) is 1. The SMILES string of the molecule is C[C@@H](OC(=O)c1ccc2nc(N)sc2c1)C(=O)Nc1cccc2ccccc12. The number of hydrogen-bond acceptors (Lipinski definition) is 6. The first-order chi connectivity index (χ1) is 13.5. The molecule has 0 bridgehead atoms. The van der Waals surface area contributed by atoms with Gasteiger partial charge in [-0.25, -0.2) is 9.78 Å². The molecule has 0 saturated carbocycles. The maximum absolute atomic E-state index is 12.5. The molecule has 0 unspecified atom stereocenters. The molecule has 0 spiro atoms. The Morgan fingerprint density at radius 1 is 1.11 bits per heavy atom. The largest absolute Gasteiger partial charge is 0.449 e. The number of carbonyl (C=O) groups is 2. The van der Waals surface area contributed by atoms with Crippen LogP contribution in [0.2, 0.25) is 0 Å². The molecule has 1 heterocycles. The first-order valence-corrected chi connectivity index (χ1v) is 9.48. The minimum Gasteiger partial charge on any atom is -0.449 e. The van der Waals surface area contributed by atoms with Crippen molar-refractivity contribution < 1.29 is 14.3 Å². The lowest BCUT2D eigenvalue weighted by atomic mass is 10.1. The van der Waals surface area contributed by atoms with Crippen LogP contribution in [0.1, 0.15) is 17.3 Å². The third kappa shape index (κ3) is 3.52. The molecule has 0 aliphatic rings. The van der Waals surface area contributed by atoms with Gasteiger partial charge in [0.1, 0.15) is 0 Å². The molecule has 6 nitrogen and oxygen atoms in total. The maximum atomic E-state index is 12.5. The highest BCUT2D eigenvalue weighted by Crippen LogP contribution is 2.25. The number of amides is 1. The second-order valence-corrected chi connectivity index (χ2v) is 7.36. The van der Waals surface area contributed by atoms with Gasteiger partial charge in [0.15, 0.2) is 11.2 Å². The van der Waals surface area contributed by atoms with Crippen molar-refractivity contribution >= 4 is 55.0 Å². The number of benzene rings is 3. The summed E-state index contributed by atoms with van der Waals surface area (Å²) in [6, 6.07) is 18.4. The van der Waals surface area contributed by atoms with E-state index in [2.05, 4.69) is 10.3 Å². The Morgan fingerprint density at radius 3 is 2.75 bits per heavy atom. The van der Waals surface area contributed by atoms with Crippen LogP contribution in [-0.4, -0.2) is 23.0 Å². The van der Waals surface area contributed by atoms with Crippen LogP contribution in [-0.2, 0) is 9.53 Å². The molecule has 1 aromatic heterocycles. The number of hydrogen-bond donors (Lipinski definition) is 2. The minimum absolute atomic E-state index is 0.348. The molecule has 0 fully saturated rings. The maximum Gasteiger partial charge on any atom is 0.338 e. The van der Waals surface area contributed by atoms with Crippen LogP contribution >= 0.6 is 11.3 Å². The first-order valence-electron chi connectivity index (χ1n) is 8.67. The average Bonchev–Trinajstić information content (AvgIpc) is 3.07. The van der Waals surface area contributed by atoms with Crippen molar-refractivity contribution in [1.29, 1.82) is 0 Å². The molecule has 0 saturated heterocycles. The van der Waals surface area contributed by atoms with E-state index in [1.165, 1.54) is 11.3 Å². The van der Waals surface area contributed by atoms with E-state index in [1.54, 1.807) is 25.1 Å². The van der Waals surface area contributed by atoms with Gasteiger partial charge in [-0.05, 0) is 36.6 Å². The number of aromatic nitrogens is 1. The molecule has 4 rings (SSSR count). The number of nitrogens with one attached hydrogen (secondary N) is 1. The number of fused-ring (bicyclic) bond motifs is 2. The second kappa shape index (κ2) is 7.28. The normalized spacial score (nSPS) is 12.0. The number of nitrogen functional groups attached to an aromatic ring is 1. The Morgan fingerprint density at radius 2 is 1.89 bits per heavy atom. The van der Waals surface area contributed by atoms with Crippen molar-refractivity contribution in [1.82, 2.24) is 4.98 Å². The molecule has 28 heavy (non-hydrogen) atoms. The third-order valence-corrected chi connectivity index (χ3v) is 5.19. The van der Waals surface area contributed by atoms with E-state index in [0.717, 1.165) is 21.0 Å². The van der Waals surface area contributed by atoms with Crippen LogP contribution in [0.4, 0.5) is 10.8 Å². The number of nitrogens with two attached hydrogens (primary N) is 1. The van der Waals surface area contributed by atoms with Crippen LogP contribution in [0.3, 0.4) is 0 Å². The number of anilines is 2. The molecule has 3 aromatic carbocycles. The zero-order valence-corrected chi connectivity index (χ0v) is 15.8. The van der Waals surface area contributed by atoms with Crippen LogP contribution in [0.15, 0.2) is 60.7 Å². The summed E-state index contributed by atoms with van der Waals surface area (Å²) in [5, 5.41) is 5.20. The molecule has 1 amide bonds. The fourth-order valence-corrected chi connectivity index (χ4v) is 3.69. The van der Waals surface area contributed by atoms with Crippen LogP contribution in [0.25, 0.3) is 21.0 Å². The zero-order valence-electron chi connectivity index (χ0n) is 15.0. The minimum atomic E-state index is -0.950. The molecule has 0 aliphatic carbocycles. The number of esters is 1. The van der Waals surface area contributed by atoms with Crippen LogP contribution < -0.4 is 11.1 Å². The van der Waals surface area contributed by atoms with E-state index in [0.29, 0.717) is 16.4 Å². The van der Waals surface area contributed by atoms with Gasteiger partial charge < -0.3 is 15.8 Å². The number of ether oxygens (including phenoxy) is 1. The van der Waals surface area contributed by atoms with Gasteiger partial charge in [0.05, 0.1) is 15.8 Å². The second-order valence-electron chi connectivity index (χ2n) is 6.30. The van der Waals surface area contributed by atoms with Gasteiger partial charge in [-0.3, -0.25) is 4.79 Å². The molecule has 0 aliphatic heterocycles. The van der Waals surface area contributed by atoms with Crippen molar-refractivity contribution in [3.8, 4) is 0 Å². The van der Waals surface area contributed by atoms with Crippen molar-refractivity contribution in [2.45, 2.75) is 13.0 Å². The monoisotopic (exact) mass is 391 g/mol. The van der Waals surface area contributed by atoms with E-state index in [4.69, 9.17) is 10.5 Å². The van der Waals surface area contributed by atoms with Gasteiger partial charge in [-0.2, -0.15) is 0 Å². The van der Waals surface area contributed by atoms with Gasteiger partial charge in [0, 0.05) is 11.1 Å². The lowest BCUT2D eigenvalue weighted by Crippen LogP contribution is -2.30. The Hall–Kier alpha value is -3.45. The van der Waals surface area contributed by atoms with Gasteiger partial charge in [0.2, 0.25) is 0 Å². The zero-order chi connectivity index (χ0) is 19.7. The first kappa shape index (κ1) is 17.9. The number of carbonyl (C=O) groups excluding carboxylic acids is 2. The Bertz CT molecular complexity index is 1200. The third-order valence-electron chi connectivity index (χ3n) is 4.34. The smallest absolute Gasteiger partial charge is 0.338 e. The average molecular weight is 391 g/mol. The molecule has 140 valence electrons. The summed E-state index contributed by atoms with van der Waals surface area (Å²) in [4.78, 5) is 29.1. The Labute approximate surface area is 164 Å². The Balaban J connectivity index is 1.48. The standard InChI is InChI=1S/C21H17N3O3S/c1-12(19(25)23-16-8-4-6-13-5-2-3-7-15(13)16)27-20(26)14-9-10-17-18(11-14)28-21(22)24-17/h2-12H,1H3,(H2,22,24)(H,23,25)/t12-/m1/s1. The highest BCUT2D eigenvalue weighted by molar-refractivity contribution is 7.22. The number of rotatable bonds is 4. The van der Waals surface area contributed by atoms with Gasteiger partial charge >= 0.3 is 5.97 Å². The summed E-state index contributed by atoms with van der Waals surface area (Å²) in [6.45, 7) is 1.54. The van der Waals surface area contributed by atoms with Gasteiger partial charge in [-0.15, -0.1) is 0 Å². The van der Waals surface area contributed by atoms with E-state index >= 15 is 0 Å². The molecule has 3 N–H and O–H groups in total. The van der Waals surface area contributed by atoms with E-state index in [1.807, 2.05) is 42.5 Å². The van der Waals surface area contributed by atoms with Gasteiger partial charge in [0.25, 0.3) is 5.91 Å². The molecular formula is C21H17N3O3S. The van der Waals surface area contributed by atoms with Crippen molar-refractivity contribution in [2.24, 2.45) is 0 Å². The molecule has 4 aromatic rings. The highest BCUT2D eigenvalue weighted by atomic mass is 32.1. The van der Waals surface area contributed by atoms with Crippen molar-refractivity contribution in [3.63, 3.8) is 0 Å². The summed E-state index contributed by atoms with van der Waals surface area (Å²) in [5.41, 5.74) is 7.43. The summed E-state index contributed by atoms with van der Waals surface area (Å²) in [5.74, 6) is -0.970. The summed E-state index contributed by atoms with van der Waals surface area (Å²) in [6.07, 6.45) is -0.950. The molecule has 0 radical (unpaired) electrons. The van der Waals surface area contributed by atoms with Crippen LogP contribution in [0, 0.1) is 0 Å². The summed E-state index contributed by atoms with van der Waals surface area (Å²) < 4.78 is 6.13. The predicted molar refractivity (Wildman–Crippen MR) is 111 cm³/mol. The molecule has 1 atom stereocenters.